The molecule has 3 heterocycles. The topological polar surface area (TPSA) is 88.0 Å². The molecular weight excluding hydrogens is 438 g/mol. The van der Waals surface area contributed by atoms with Crippen LogP contribution in [0.4, 0.5) is 5.95 Å². The Bertz CT molecular complexity index is 1020. The second-order valence-electron chi connectivity index (χ2n) is 9.67. The van der Waals surface area contributed by atoms with E-state index >= 15 is 0 Å². The average Bonchev–Trinajstić information content (AvgIpc) is 3.54. The molecule has 2 aromatic rings. The van der Waals surface area contributed by atoms with Gasteiger partial charge in [0.25, 0.3) is 0 Å². The molecule has 1 saturated heterocycles. The van der Waals surface area contributed by atoms with Crippen molar-refractivity contribution in [3.63, 3.8) is 0 Å². The van der Waals surface area contributed by atoms with Gasteiger partial charge in [0, 0.05) is 49.5 Å². The maximum absolute atomic E-state index is 11.6. The van der Waals surface area contributed by atoms with Gasteiger partial charge in [-0.1, -0.05) is 18.2 Å². The standard InChI is InChI=1S/C24H32ClN7O/c1-3-22(33)32-13-18(14-32)28-16-6-8-17(9-7-16)29-24-26-12-20(25)23(30-24)19-11-27-31(2)21(19)10-15-4-5-15/h3,11-12,15-18,28H,1,4-10,13-14H2,2H3,(H,26,29,30). The maximum Gasteiger partial charge on any atom is 0.246 e. The number of carbonyl (C=O) groups excluding carboxylic acids is 1. The molecule has 2 N–H and O–H groups in total. The summed E-state index contributed by atoms with van der Waals surface area (Å²) in [4.78, 5) is 22.7. The first kappa shape index (κ1) is 22.3. The lowest BCUT2D eigenvalue weighted by Gasteiger charge is -2.42. The Labute approximate surface area is 199 Å². The Morgan fingerprint density at radius 3 is 2.58 bits per heavy atom. The highest BCUT2D eigenvalue weighted by Gasteiger charge is 2.32. The molecule has 1 amide bonds. The molecule has 3 fully saturated rings. The minimum absolute atomic E-state index is 0.0224. The van der Waals surface area contributed by atoms with Crippen LogP contribution >= 0.6 is 11.6 Å². The minimum Gasteiger partial charge on any atom is -0.351 e. The second kappa shape index (κ2) is 9.43. The Morgan fingerprint density at radius 1 is 1.15 bits per heavy atom. The molecular formula is C24H32ClN7O. The number of hydrogen-bond donors (Lipinski definition) is 2. The Morgan fingerprint density at radius 2 is 1.88 bits per heavy atom. The van der Waals surface area contributed by atoms with Crippen molar-refractivity contribution in [2.45, 2.75) is 63.1 Å². The second-order valence-corrected chi connectivity index (χ2v) is 10.1. The van der Waals surface area contributed by atoms with Crippen LogP contribution in [0.5, 0.6) is 0 Å². The zero-order valence-electron chi connectivity index (χ0n) is 19.1. The molecule has 8 nitrogen and oxygen atoms in total. The van der Waals surface area contributed by atoms with Crippen LogP contribution in [0.2, 0.25) is 5.02 Å². The number of nitrogens with one attached hydrogen (secondary N) is 2. The van der Waals surface area contributed by atoms with Crippen molar-refractivity contribution in [2.75, 3.05) is 18.4 Å². The number of aryl methyl sites for hydroxylation is 1. The third-order valence-electron chi connectivity index (χ3n) is 7.14. The van der Waals surface area contributed by atoms with Crippen LogP contribution in [0.3, 0.4) is 0 Å². The van der Waals surface area contributed by atoms with Crippen LogP contribution in [0.15, 0.2) is 25.0 Å². The summed E-state index contributed by atoms with van der Waals surface area (Å²) in [7, 11) is 1.99. The number of carbonyl (C=O) groups is 1. The van der Waals surface area contributed by atoms with Crippen molar-refractivity contribution in [3.8, 4) is 11.3 Å². The number of anilines is 1. The van der Waals surface area contributed by atoms with Gasteiger partial charge in [-0.05, 0) is 56.9 Å². The quantitative estimate of drug-likeness (QED) is 0.577. The van der Waals surface area contributed by atoms with Crippen molar-refractivity contribution in [1.82, 2.24) is 30.0 Å². The molecule has 2 aromatic heterocycles. The van der Waals surface area contributed by atoms with Crippen LogP contribution < -0.4 is 10.6 Å². The van der Waals surface area contributed by atoms with Crippen molar-refractivity contribution >= 4 is 23.5 Å². The van der Waals surface area contributed by atoms with Gasteiger partial charge in [-0.15, -0.1) is 0 Å². The number of halogens is 1. The Hall–Kier alpha value is -2.45. The third kappa shape index (κ3) is 5.06. The fraction of sp³-hybridized carbons (Fsp3) is 0.583. The molecule has 0 spiro atoms. The summed E-state index contributed by atoms with van der Waals surface area (Å²) < 4.78 is 1.95. The van der Waals surface area contributed by atoms with Crippen molar-refractivity contribution in [3.05, 3.63) is 35.8 Å². The lowest BCUT2D eigenvalue weighted by molar-refractivity contribution is -0.130. The van der Waals surface area contributed by atoms with E-state index in [1.54, 1.807) is 6.20 Å². The highest BCUT2D eigenvalue weighted by atomic mass is 35.5. The Kier molecular flexibility index (Phi) is 6.38. The van der Waals surface area contributed by atoms with Crippen molar-refractivity contribution in [2.24, 2.45) is 13.0 Å². The first-order chi connectivity index (χ1) is 16.0. The van der Waals surface area contributed by atoms with Gasteiger partial charge in [0.2, 0.25) is 11.9 Å². The molecule has 0 radical (unpaired) electrons. The van der Waals surface area contributed by atoms with E-state index in [0.717, 1.165) is 62.4 Å². The summed E-state index contributed by atoms with van der Waals surface area (Å²) in [6.07, 6.45) is 12.9. The van der Waals surface area contributed by atoms with Gasteiger partial charge in [0.05, 0.1) is 23.1 Å². The van der Waals surface area contributed by atoms with Gasteiger partial charge >= 0.3 is 0 Å². The van der Waals surface area contributed by atoms with Crippen molar-refractivity contribution in [1.29, 1.82) is 0 Å². The molecule has 9 heteroatoms. The monoisotopic (exact) mass is 469 g/mol. The van der Waals surface area contributed by atoms with Gasteiger partial charge in [-0.2, -0.15) is 5.10 Å². The molecule has 2 saturated carbocycles. The molecule has 2 aliphatic carbocycles. The van der Waals surface area contributed by atoms with Crippen LogP contribution in [0.1, 0.15) is 44.2 Å². The van der Waals surface area contributed by atoms with Gasteiger partial charge in [-0.3, -0.25) is 9.48 Å². The number of amides is 1. The van der Waals surface area contributed by atoms with E-state index in [2.05, 4.69) is 27.3 Å². The number of likely N-dealkylation sites (tertiary alicyclic amines) is 1. The zero-order chi connectivity index (χ0) is 22.9. The van der Waals surface area contributed by atoms with E-state index < -0.39 is 0 Å². The largest absolute Gasteiger partial charge is 0.351 e. The van der Waals surface area contributed by atoms with Crippen molar-refractivity contribution < 1.29 is 4.79 Å². The highest BCUT2D eigenvalue weighted by Crippen LogP contribution is 2.37. The maximum atomic E-state index is 11.6. The van der Waals surface area contributed by atoms with E-state index in [1.807, 2.05) is 22.8 Å². The number of hydrogen-bond acceptors (Lipinski definition) is 6. The fourth-order valence-corrected chi connectivity index (χ4v) is 5.13. The summed E-state index contributed by atoms with van der Waals surface area (Å²) in [6.45, 7) is 5.11. The number of nitrogens with zero attached hydrogens (tertiary/aromatic N) is 5. The lowest BCUT2D eigenvalue weighted by Crippen LogP contribution is -2.61. The molecule has 0 unspecified atom stereocenters. The minimum atomic E-state index is 0.0224. The first-order valence-electron chi connectivity index (χ1n) is 12.0. The molecule has 1 aliphatic heterocycles. The summed E-state index contributed by atoms with van der Waals surface area (Å²) in [5.74, 6) is 1.41. The number of rotatable bonds is 8. The smallest absolute Gasteiger partial charge is 0.246 e. The number of aromatic nitrogens is 4. The molecule has 5 rings (SSSR count). The summed E-state index contributed by atoms with van der Waals surface area (Å²) >= 11 is 6.50. The molecule has 0 aromatic carbocycles. The lowest BCUT2D eigenvalue weighted by atomic mass is 9.90. The first-order valence-corrected chi connectivity index (χ1v) is 12.4. The predicted octanol–water partition coefficient (Wildman–Crippen LogP) is 3.19. The normalized spacial score (nSPS) is 23.3. The average molecular weight is 470 g/mol. The van der Waals surface area contributed by atoms with E-state index in [4.69, 9.17) is 16.6 Å². The van der Waals surface area contributed by atoms with Gasteiger partial charge in [0.1, 0.15) is 0 Å². The van der Waals surface area contributed by atoms with E-state index in [1.165, 1.54) is 24.6 Å². The molecule has 0 bridgehead atoms. The van der Waals surface area contributed by atoms with Crippen LogP contribution in [0, 0.1) is 5.92 Å². The molecule has 3 aliphatic rings. The summed E-state index contributed by atoms with van der Waals surface area (Å²) in [5, 5.41) is 12.3. The van der Waals surface area contributed by atoms with Gasteiger partial charge in [-0.25, -0.2) is 9.97 Å². The van der Waals surface area contributed by atoms with Crippen LogP contribution in [0.25, 0.3) is 11.3 Å². The summed E-state index contributed by atoms with van der Waals surface area (Å²) in [5.41, 5.74) is 2.97. The van der Waals surface area contributed by atoms with E-state index in [9.17, 15) is 4.79 Å². The van der Waals surface area contributed by atoms with Gasteiger partial charge < -0.3 is 15.5 Å². The van der Waals surface area contributed by atoms with Crippen LogP contribution in [-0.2, 0) is 18.3 Å². The van der Waals surface area contributed by atoms with Crippen LogP contribution in [-0.4, -0.2) is 61.8 Å². The summed E-state index contributed by atoms with van der Waals surface area (Å²) in [6, 6.07) is 1.24. The Balaban J connectivity index is 1.16. The SMILES string of the molecule is C=CC(=O)N1CC(NC2CCC(Nc3ncc(Cl)c(-c4cnn(C)c4CC4CC4)n3)CC2)C1. The van der Waals surface area contributed by atoms with E-state index in [-0.39, 0.29) is 5.91 Å². The molecule has 0 atom stereocenters. The zero-order valence-corrected chi connectivity index (χ0v) is 19.9. The molecule has 176 valence electrons. The highest BCUT2D eigenvalue weighted by molar-refractivity contribution is 6.32. The third-order valence-corrected chi connectivity index (χ3v) is 7.42. The fourth-order valence-electron chi connectivity index (χ4n) is 4.94. The van der Waals surface area contributed by atoms with Gasteiger partial charge in [0.15, 0.2) is 0 Å². The van der Waals surface area contributed by atoms with E-state index in [0.29, 0.717) is 29.1 Å². The molecule has 33 heavy (non-hydrogen) atoms. The predicted molar refractivity (Wildman–Crippen MR) is 129 cm³/mol.